The zero-order valence-corrected chi connectivity index (χ0v) is 6.02. The molecule has 0 amide bonds. The zero-order chi connectivity index (χ0) is 7.40. The van der Waals surface area contributed by atoms with Gasteiger partial charge in [0.2, 0.25) is 0 Å². The Bertz CT molecular complexity index is 191. The predicted molar refractivity (Wildman–Crippen MR) is 42.8 cm³/mol. The van der Waals surface area contributed by atoms with E-state index in [0.717, 1.165) is 17.8 Å². The SMILES string of the molecule is C=C1CNN/C1=C/C=N\C. The van der Waals surface area contributed by atoms with Crippen LogP contribution in [-0.2, 0) is 0 Å². The number of allylic oxidation sites excluding steroid dienone is 1. The van der Waals surface area contributed by atoms with E-state index in [4.69, 9.17) is 0 Å². The molecule has 1 aliphatic heterocycles. The van der Waals surface area contributed by atoms with Crippen molar-refractivity contribution in [1.29, 1.82) is 0 Å². The van der Waals surface area contributed by atoms with E-state index in [2.05, 4.69) is 22.4 Å². The van der Waals surface area contributed by atoms with Crippen LogP contribution in [0.4, 0.5) is 0 Å². The molecule has 0 aromatic rings. The van der Waals surface area contributed by atoms with Crippen LogP contribution in [0.1, 0.15) is 0 Å². The fourth-order valence-corrected chi connectivity index (χ4v) is 0.738. The molecule has 0 atom stereocenters. The Balaban J connectivity index is 2.62. The van der Waals surface area contributed by atoms with Crippen molar-refractivity contribution < 1.29 is 0 Å². The first-order valence-electron chi connectivity index (χ1n) is 3.14. The second-order valence-corrected chi connectivity index (χ2v) is 2.07. The summed E-state index contributed by atoms with van der Waals surface area (Å²) in [7, 11) is 1.74. The topological polar surface area (TPSA) is 36.4 Å². The number of hydrogen-bond acceptors (Lipinski definition) is 3. The zero-order valence-electron chi connectivity index (χ0n) is 6.02. The maximum absolute atomic E-state index is 3.83. The lowest BCUT2D eigenvalue weighted by atomic mass is 10.2. The quantitative estimate of drug-likeness (QED) is 0.508. The lowest BCUT2D eigenvalue weighted by Crippen LogP contribution is -2.20. The molecule has 0 aromatic heterocycles. The van der Waals surface area contributed by atoms with E-state index >= 15 is 0 Å². The van der Waals surface area contributed by atoms with Crippen LogP contribution in [0.25, 0.3) is 0 Å². The van der Waals surface area contributed by atoms with Crippen LogP contribution < -0.4 is 10.9 Å². The van der Waals surface area contributed by atoms with Crippen LogP contribution in [0.3, 0.4) is 0 Å². The maximum Gasteiger partial charge on any atom is 0.0542 e. The number of rotatable bonds is 1. The van der Waals surface area contributed by atoms with Gasteiger partial charge in [0.05, 0.1) is 5.70 Å². The van der Waals surface area contributed by atoms with Crippen molar-refractivity contribution in [2.75, 3.05) is 13.6 Å². The summed E-state index contributed by atoms with van der Waals surface area (Å²) in [4.78, 5) is 3.82. The van der Waals surface area contributed by atoms with Crippen LogP contribution in [-0.4, -0.2) is 19.8 Å². The van der Waals surface area contributed by atoms with E-state index in [0.29, 0.717) is 0 Å². The smallest absolute Gasteiger partial charge is 0.0542 e. The minimum absolute atomic E-state index is 0.809. The molecule has 1 saturated heterocycles. The predicted octanol–water partition coefficient (Wildman–Crippen LogP) is 0.235. The largest absolute Gasteiger partial charge is 0.321 e. The van der Waals surface area contributed by atoms with Crippen molar-refractivity contribution >= 4 is 6.21 Å². The van der Waals surface area contributed by atoms with E-state index in [1.54, 1.807) is 13.3 Å². The third-order valence-electron chi connectivity index (χ3n) is 1.30. The molecule has 0 bridgehead atoms. The number of hydrazine groups is 1. The van der Waals surface area contributed by atoms with Gasteiger partial charge in [-0.2, -0.15) is 0 Å². The van der Waals surface area contributed by atoms with Crippen molar-refractivity contribution in [1.82, 2.24) is 10.9 Å². The Hall–Kier alpha value is -1.09. The highest BCUT2D eigenvalue weighted by molar-refractivity contribution is 5.73. The molecule has 1 heterocycles. The summed E-state index contributed by atoms with van der Waals surface area (Å²) in [5.74, 6) is 0. The summed E-state index contributed by atoms with van der Waals surface area (Å²) < 4.78 is 0. The highest BCUT2D eigenvalue weighted by Crippen LogP contribution is 2.05. The van der Waals surface area contributed by atoms with Crippen molar-refractivity contribution in [2.45, 2.75) is 0 Å². The maximum atomic E-state index is 3.83. The molecule has 0 unspecified atom stereocenters. The van der Waals surface area contributed by atoms with Gasteiger partial charge in [-0.15, -0.1) is 0 Å². The molecule has 3 nitrogen and oxygen atoms in total. The molecule has 2 N–H and O–H groups in total. The average molecular weight is 137 g/mol. The van der Waals surface area contributed by atoms with E-state index in [-0.39, 0.29) is 0 Å². The molecule has 54 valence electrons. The summed E-state index contributed by atoms with van der Waals surface area (Å²) in [5, 5.41) is 0. The molecule has 0 radical (unpaired) electrons. The van der Waals surface area contributed by atoms with Gasteiger partial charge in [0.1, 0.15) is 0 Å². The van der Waals surface area contributed by atoms with E-state index in [1.807, 2.05) is 6.08 Å². The third kappa shape index (κ3) is 1.45. The number of nitrogens with zero attached hydrogens (tertiary/aromatic N) is 1. The monoisotopic (exact) mass is 137 g/mol. The van der Waals surface area contributed by atoms with Gasteiger partial charge in [0, 0.05) is 19.8 Å². The van der Waals surface area contributed by atoms with Crippen molar-refractivity contribution in [3.8, 4) is 0 Å². The Morgan fingerprint density at radius 2 is 2.50 bits per heavy atom. The standard InChI is InChI=1S/C7H11N3/c1-6-5-9-10-7(6)3-4-8-2/h3-4,9-10H,1,5H2,2H3/b7-3+,8-4-. The normalized spacial score (nSPS) is 22.5. The number of nitrogens with one attached hydrogen (secondary N) is 2. The van der Waals surface area contributed by atoms with Gasteiger partial charge >= 0.3 is 0 Å². The van der Waals surface area contributed by atoms with E-state index in [1.165, 1.54) is 0 Å². The lowest BCUT2D eigenvalue weighted by molar-refractivity contribution is 0.727. The molecule has 1 fully saturated rings. The molecule has 10 heavy (non-hydrogen) atoms. The van der Waals surface area contributed by atoms with Gasteiger partial charge in [-0.25, -0.2) is 5.43 Å². The summed E-state index contributed by atoms with van der Waals surface area (Å²) in [6.07, 6.45) is 3.63. The fraction of sp³-hybridized carbons (Fsp3) is 0.286. The molecule has 0 saturated carbocycles. The summed E-state index contributed by atoms with van der Waals surface area (Å²) in [6.45, 7) is 4.64. The molecule has 1 rings (SSSR count). The first-order chi connectivity index (χ1) is 4.84. The molecule has 1 aliphatic rings. The molecule has 0 aromatic carbocycles. The minimum atomic E-state index is 0.809. The fourth-order valence-electron chi connectivity index (χ4n) is 0.738. The van der Waals surface area contributed by atoms with Crippen LogP contribution in [0.15, 0.2) is 28.9 Å². The molecule has 0 aliphatic carbocycles. The van der Waals surface area contributed by atoms with Gasteiger partial charge < -0.3 is 5.43 Å². The first-order valence-corrected chi connectivity index (χ1v) is 3.14. The first kappa shape index (κ1) is 7.02. The van der Waals surface area contributed by atoms with Crippen molar-refractivity contribution in [2.24, 2.45) is 4.99 Å². The molecule has 3 heteroatoms. The number of aliphatic imine (C=N–C) groups is 1. The Morgan fingerprint density at radius 3 is 3.00 bits per heavy atom. The molecular weight excluding hydrogens is 126 g/mol. The van der Waals surface area contributed by atoms with Gasteiger partial charge in [0.25, 0.3) is 0 Å². The van der Waals surface area contributed by atoms with Crippen molar-refractivity contribution in [3.63, 3.8) is 0 Å². The van der Waals surface area contributed by atoms with Gasteiger partial charge in [-0.3, -0.25) is 4.99 Å². The van der Waals surface area contributed by atoms with Gasteiger partial charge in [0.15, 0.2) is 0 Å². The second-order valence-electron chi connectivity index (χ2n) is 2.07. The van der Waals surface area contributed by atoms with Crippen molar-refractivity contribution in [3.05, 3.63) is 23.9 Å². The Morgan fingerprint density at radius 1 is 1.70 bits per heavy atom. The third-order valence-corrected chi connectivity index (χ3v) is 1.30. The van der Waals surface area contributed by atoms with Crippen LogP contribution in [0.2, 0.25) is 0 Å². The molecule has 0 spiro atoms. The molecular formula is C7H11N3. The van der Waals surface area contributed by atoms with E-state index in [9.17, 15) is 0 Å². The van der Waals surface area contributed by atoms with Crippen LogP contribution >= 0.6 is 0 Å². The Labute approximate surface area is 60.5 Å². The van der Waals surface area contributed by atoms with E-state index < -0.39 is 0 Å². The van der Waals surface area contributed by atoms with Crippen LogP contribution in [0.5, 0.6) is 0 Å². The van der Waals surface area contributed by atoms with Gasteiger partial charge in [-0.05, 0) is 11.6 Å². The number of hydrogen-bond donors (Lipinski definition) is 2. The van der Waals surface area contributed by atoms with Crippen LogP contribution in [0, 0.1) is 0 Å². The summed E-state index contributed by atoms with van der Waals surface area (Å²) >= 11 is 0. The summed E-state index contributed by atoms with van der Waals surface area (Å²) in [6, 6.07) is 0. The minimum Gasteiger partial charge on any atom is -0.321 e. The highest BCUT2D eigenvalue weighted by atomic mass is 15.4. The summed E-state index contributed by atoms with van der Waals surface area (Å²) in [5.41, 5.74) is 8.00. The van der Waals surface area contributed by atoms with Gasteiger partial charge in [-0.1, -0.05) is 6.58 Å². The second kappa shape index (κ2) is 3.17. The highest BCUT2D eigenvalue weighted by Gasteiger charge is 2.07. The average Bonchev–Trinajstić information content (AvgIpc) is 2.31. The lowest BCUT2D eigenvalue weighted by Gasteiger charge is -1.93. The Kier molecular flexibility index (Phi) is 2.23.